The van der Waals surface area contributed by atoms with Crippen LogP contribution in [0.2, 0.25) is 0 Å². The Bertz CT molecular complexity index is 543. The molecule has 0 saturated heterocycles. The third-order valence-electron chi connectivity index (χ3n) is 4.71. The first-order valence-corrected chi connectivity index (χ1v) is 9.02. The first-order valence-electron chi connectivity index (χ1n) is 8.14. The molecule has 0 N–H and O–H groups in total. The number of hydrogen-bond donors (Lipinski definition) is 0. The van der Waals surface area contributed by atoms with E-state index in [4.69, 9.17) is 5.10 Å². The van der Waals surface area contributed by atoms with Gasteiger partial charge in [0.25, 0.3) is 0 Å². The molecule has 0 spiro atoms. The molecule has 1 aliphatic carbocycles. The number of thiophene rings is 1. The highest BCUT2D eigenvalue weighted by molar-refractivity contribution is 7.12. The average Bonchev–Trinajstić information content (AvgIpc) is 3.13. The first kappa shape index (κ1) is 14.8. The molecule has 2 heterocycles. The number of amides is 1. The Kier molecular flexibility index (Phi) is 4.43. The van der Waals surface area contributed by atoms with Gasteiger partial charge in [-0.05, 0) is 42.7 Å². The predicted octanol–water partition coefficient (Wildman–Crippen LogP) is 4.35. The highest BCUT2D eigenvalue weighted by Crippen LogP contribution is 2.35. The first-order chi connectivity index (χ1) is 10.2. The smallest absolute Gasteiger partial charge is 0.242 e. The Morgan fingerprint density at radius 1 is 1.38 bits per heavy atom. The fraction of sp³-hybridized carbons (Fsp3) is 0.647. The van der Waals surface area contributed by atoms with Crippen LogP contribution < -0.4 is 0 Å². The molecule has 1 fully saturated rings. The lowest BCUT2D eigenvalue weighted by molar-refractivity contribution is -0.133. The molecule has 1 aromatic heterocycles. The van der Waals surface area contributed by atoms with Crippen LogP contribution in [0.15, 0.2) is 16.5 Å². The van der Waals surface area contributed by atoms with Crippen LogP contribution in [0.3, 0.4) is 0 Å². The van der Waals surface area contributed by atoms with Crippen LogP contribution in [-0.4, -0.2) is 22.7 Å². The molecular formula is C17H24N2OS. The van der Waals surface area contributed by atoms with Crippen LogP contribution in [0.4, 0.5) is 0 Å². The summed E-state index contributed by atoms with van der Waals surface area (Å²) in [5.41, 5.74) is 2.40. The summed E-state index contributed by atoms with van der Waals surface area (Å²) >= 11 is 1.75. The summed E-state index contributed by atoms with van der Waals surface area (Å²) < 4.78 is 0. The number of carbonyl (C=O) groups is 1. The molecule has 0 bridgehead atoms. The van der Waals surface area contributed by atoms with Crippen LogP contribution in [-0.2, 0) is 4.79 Å². The lowest BCUT2D eigenvalue weighted by Crippen LogP contribution is -2.38. The van der Waals surface area contributed by atoms with Crippen molar-refractivity contribution in [1.29, 1.82) is 0 Å². The maximum Gasteiger partial charge on any atom is 0.242 e. The summed E-state index contributed by atoms with van der Waals surface area (Å²) in [6, 6.07) is 2.50. The lowest BCUT2D eigenvalue weighted by Gasteiger charge is -2.32. The second kappa shape index (κ2) is 6.30. The average molecular weight is 304 g/mol. The number of hydrogen-bond acceptors (Lipinski definition) is 3. The molecule has 1 amide bonds. The van der Waals surface area contributed by atoms with Crippen molar-refractivity contribution in [3.63, 3.8) is 0 Å². The van der Waals surface area contributed by atoms with Gasteiger partial charge < -0.3 is 0 Å². The van der Waals surface area contributed by atoms with Gasteiger partial charge in [0.05, 0.1) is 16.6 Å². The van der Waals surface area contributed by atoms with Crippen molar-refractivity contribution in [3.8, 4) is 0 Å². The fourth-order valence-corrected chi connectivity index (χ4v) is 4.45. The monoisotopic (exact) mass is 304 g/mol. The Balaban J connectivity index is 1.82. The highest BCUT2D eigenvalue weighted by Gasteiger charge is 2.37. The third kappa shape index (κ3) is 3.05. The number of carbonyl (C=O) groups excluding carboxylic acids is 1. The van der Waals surface area contributed by atoms with Crippen molar-refractivity contribution >= 4 is 23.0 Å². The van der Waals surface area contributed by atoms with Gasteiger partial charge in [0, 0.05) is 12.8 Å². The van der Waals surface area contributed by atoms with Gasteiger partial charge in [-0.1, -0.05) is 26.2 Å². The zero-order valence-corrected chi connectivity index (χ0v) is 13.8. The maximum atomic E-state index is 12.3. The van der Waals surface area contributed by atoms with E-state index < -0.39 is 0 Å². The predicted molar refractivity (Wildman–Crippen MR) is 87.7 cm³/mol. The van der Waals surface area contributed by atoms with E-state index in [1.54, 1.807) is 11.3 Å². The summed E-state index contributed by atoms with van der Waals surface area (Å²) in [7, 11) is 0. The van der Waals surface area contributed by atoms with Crippen LogP contribution in [0.1, 0.15) is 62.3 Å². The van der Waals surface area contributed by atoms with Gasteiger partial charge in [0.1, 0.15) is 0 Å². The van der Waals surface area contributed by atoms with Gasteiger partial charge in [0.15, 0.2) is 0 Å². The Labute approximate surface area is 131 Å². The van der Waals surface area contributed by atoms with Crippen LogP contribution in [0.25, 0.3) is 0 Å². The van der Waals surface area contributed by atoms with Gasteiger partial charge in [-0.25, -0.2) is 5.01 Å². The normalized spacial score (nSPS) is 23.4. The fourth-order valence-electron chi connectivity index (χ4n) is 3.55. The number of rotatable bonds is 3. The molecule has 1 atom stereocenters. The zero-order chi connectivity index (χ0) is 14.8. The molecular weight excluding hydrogens is 280 g/mol. The largest absolute Gasteiger partial charge is 0.273 e. The summed E-state index contributed by atoms with van der Waals surface area (Å²) in [6.07, 6.45) is 7.96. The molecule has 1 aliphatic heterocycles. The second-order valence-corrected chi connectivity index (χ2v) is 7.21. The number of hydrazone groups is 1. The Morgan fingerprint density at radius 3 is 2.76 bits per heavy atom. The standard InChI is InChI=1S/C17H24N2OS/c1-3-17(20)19-15(13-7-5-4-6-8-13)10-14(18-19)16-9-12(2)11-21-16/h9,11,13,15H,3-8,10H2,1-2H3. The van der Waals surface area contributed by atoms with E-state index >= 15 is 0 Å². The molecule has 1 saturated carbocycles. The molecule has 1 aromatic rings. The van der Waals surface area contributed by atoms with Crippen molar-refractivity contribution in [2.75, 3.05) is 0 Å². The quantitative estimate of drug-likeness (QED) is 0.817. The minimum absolute atomic E-state index is 0.175. The molecule has 0 aromatic carbocycles. The van der Waals surface area contributed by atoms with Crippen LogP contribution >= 0.6 is 11.3 Å². The SMILES string of the molecule is CCC(=O)N1N=C(c2cc(C)cs2)CC1C1CCCCC1. The summed E-state index contributed by atoms with van der Waals surface area (Å²) in [5, 5.41) is 8.69. The van der Waals surface area contributed by atoms with Crippen LogP contribution in [0, 0.1) is 12.8 Å². The van der Waals surface area contributed by atoms with E-state index in [9.17, 15) is 4.79 Å². The van der Waals surface area contributed by atoms with Crippen LogP contribution in [0.5, 0.6) is 0 Å². The Hall–Kier alpha value is -1.16. The van der Waals surface area contributed by atoms with E-state index in [0.29, 0.717) is 18.4 Å². The molecule has 21 heavy (non-hydrogen) atoms. The van der Waals surface area contributed by atoms with Crippen molar-refractivity contribution in [3.05, 3.63) is 21.9 Å². The second-order valence-electron chi connectivity index (χ2n) is 6.30. The third-order valence-corrected chi connectivity index (χ3v) is 5.81. The van der Waals surface area contributed by atoms with Gasteiger partial charge >= 0.3 is 0 Å². The van der Waals surface area contributed by atoms with E-state index in [0.717, 1.165) is 12.1 Å². The van der Waals surface area contributed by atoms with E-state index in [1.165, 1.54) is 42.5 Å². The van der Waals surface area contributed by atoms with Crippen molar-refractivity contribution in [2.24, 2.45) is 11.0 Å². The maximum absolute atomic E-state index is 12.3. The lowest BCUT2D eigenvalue weighted by atomic mass is 9.82. The van der Waals surface area contributed by atoms with Gasteiger partial charge in [0.2, 0.25) is 5.91 Å². The molecule has 2 aliphatic rings. The molecule has 114 valence electrons. The van der Waals surface area contributed by atoms with Crippen molar-refractivity contribution < 1.29 is 4.79 Å². The van der Waals surface area contributed by atoms with Crippen molar-refractivity contribution in [1.82, 2.24) is 5.01 Å². The Morgan fingerprint density at radius 2 is 2.14 bits per heavy atom. The molecule has 1 unspecified atom stereocenters. The minimum atomic E-state index is 0.175. The van der Waals surface area contributed by atoms with Crippen molar-refractivity contribution in [2.45, 2.75) is 64.8 Å². The molecule has 4 heteroatoms. The van der Waals surface area contributed by atoms with Gasteiger partial charge in [-0.3, -0.25) is 4.79 Å². The number of aryl methyl sites for hydroxylation is 1. The zero-order valence-electron chi connectivity index (χ0n) is 13.0. The summed E-state index contributed by atoms with van der Waals surface area (Å²) in [6.45, 7) is 4.05. The minimum Gasteiger partial charge on any atom is -0.273 e. The summed E-state index contributed by atoms with van der Waals surface area (Å²) in [5.74, 6) is 0.811. The molecule has 0 radical (unpaired) electrons. The van der Waals surface area contributed by atoms with E-state index in [2.05, 4.69) is 18.4 Å². The summed E-state index contributed by atoms with van der Waals surface area (Å²) in [4.78, 5) is 13.5. The van der Waals surface area contributed by atoms with Gasteiger partial charge in [-0.2, -0.15) is 5.10 Å². The topological polar surface area (TPSA) is 32.7 Å². The van der Waals surface area contributed by atoms with E-state index in [1.807, 2.05) is 11.9 Å². The van der Waals surface area contributed by atoms with Gasteiger partial charge in [-0.15, -0.1) is 11.3 Å². The molecule has 3 nitrogen and oxygen atoms in total. The number of nitrogens with zero attached hydrogens (tertiary/aromatic N) is 2. The molecule has 3 rings (SSSR count). The van der Waals surface area contributed by atoms with E-state index in [-0.39, 0.29) is 5.91 Å². The highest BCUT2D eigenvalue weighted by atomic mass is 32.1.